The Hall–Kier alpha value is -2.10. The quantitative estimate of drug-likeness (QED) is 0.778. The molecule has 4 heteroatoms. The number of aliphatic carboxylic acids is 1. The highest BCUT2D eigenvalue weighted by atomic mass is 16.4. The molecule has 2 N–H and O–H groups in total. The molecule has 0 saturated carbocycles. The van der Waals surface area contributed by atoms with E-state index < -0.39 is 11.9 Å². The number of carbonyl (C=O) groups is 2. The number of amides is 1. The van der Waals surface area contributed by atoms with Crippen molar-refractivity contribution in [3.8, 4) is 0 Å². The molecule has 18 heavy (non-hydrogen) atoms. The first-order chi connectivity index (χ1) is 8.42. The fourth-order valence-corrected chi connectivity index (χ4v) is 1.51. The summed E-state index contributed by atoms with van der Waals surface area (Å²) in [4.78, 5) is 21.6. The molecule has 96 valence electrons. The molecular weight excluding hydrogens is 230 g/mol. The highest BCUT2D eigenvalue weighted by Crippen LogP contribution is 2.21. The molecule has 4 nitrogen and oxygen atoms in total. The van der Waals surface area contributed by atoms with E-state index in [1.165, 1.54) is 0 Å². The van der Waals surface area contributed by atoms with Gasteiger partial charge in [0.05, 0.1) is 0 Å². The fourth-order valence-electron chi connectivity index (χ4n) is 1.51. The molecule has 0 heterocycles. The molecule has 0 atom stereocenters. The van der Waals surface area contributed by atoms with Crippen LogP contribution in [-0.2, 0) is 15.0 Å². The molecule has 1 aromatic rings. The molecule has 0 aliphatic heterocycles. The van der Waals surface area contributed by atoms with Crippen LogP contribution in [0.15, 0.2) is 42.5 Å². The minimum Gasteiger partial charge on any atom is -0.478 e. The number of hydrogen-bond acceptors (Lipinski definition) is 2. The number of carboxylic acid groups (broad SMARTS) is 1. The molecule has 0 aliphatic carbocycles. The van der Waals surface area contributed by atoms with Crippen LogP contribution in [-0.4, -0.2) is 23.5 Å². The molecule has 0 fully saturated rings. The van der Waals surface area contributed by atoms with Crippen LogP contribution in [0.1, 0.15) is 19.4 Å². The lowest BCUT2D eigenvalue weighted by Crippen LogP contribution is -2.35. The van der Waals surface area contributed by atoms with Crippen molar-refractivity contribution in [3.05, 3.63) is 48.0 Å². The van der Waals surface area contributed by atoms with Crippen molar-refractivity contribution >= 4 is 11.9 Å². The minimum absolute atomic E-state index is 0.200. The van der Waals surface area contributed by atoms with Crippen LogP contribution in [0.2, 0.25) is 0 Å². The predicted octanol–water partition coefficient (Wildman–Crippen LogP) is 1.72. The van der Waals surface area contributed by atoms with Crippen LogP contribution in [0.5, 0.6) is 0 Å². The molecule has 1 amide bonds. The van der Waals surface area contributed by atoms with Gasteiger partial charge in [0.15, 0.2) is 0 Å². The van der Waals surface area contributed by atoms with Crippen molar-refractivity contribution in [3.63, 3.8) is 0 Å². The third-order valence-electron chi connectivity index (χ3n) is 2.64. The SMILES string of the molecule is CC(C)(CNC(=O)/C=C/C(=O)O)c1ccccc1. The zero-order valence-electron chi connectivity index (χ0n) is 10.5. The Morgan fingerprint density at radius 2 is 1.83 bits per heavy atom. The first-order valence-electron chi connectivity index (χ1n) is 5.66. The van der Waals surface area contributed by atoms with Crippen molar-refractivity contribution < 1.29 is 14.7 Å². The third kappa shape index (κ3) is 4.41. The Balaban J connectivity index is 2.57. The van der Waals surface area contributed by atoms with Gasteiger partial charge >= 0.3 is 5.97 Å². The average Bonchev–Trinajstić information content (AvgIpc) is 2.35. The van der Waals surface area contributed by atoms with E-state index in [2.05, 4.69) is 5.32 Å². The van der Waals surface area contributed by atoms with Gasteiger partial charge in [-0.25, -0.2) is 4.79 Å². The van der Waals surface area contributed by atoms with E-state index in [1.54, 1.807) is 0 Å². The molecule has 1 rings (SSSR count). The molecule has 0 spiro atoms. The maximum atomic E-state index is 11.4. The zero-order chi connectivity index (χ0) is 13.6. The molecule has 1 aromatic carbocycles. The van der Waals surface area contributed by atoms with Crippen LogP contribution in [0.4, 0.5) is 0 Å². The van der Waals surface area contributed by atoms with Crippen LogP contribution in [0, 0.1) is 0 Å². The van der Waals surface area contributed by atoms with E-state index in [1.807, 2.05) is 44.2 Å². The summed E-state index contributed by atoms with van der Waals surface area (Å²) in [7, 11) is 0. The summed E-state index contributed by atoms with van der Waals surface area (Å²) in [6.45, 7) is 4.48. The van der Waals surface area contributed by atoms with E-state index in [0.717, 1.165) is 17.7 Å². The van der Waals surface area contributed by atoms with Crippen molar-refractivity contribution in [1.29, 1.82) is 0 Å². The lowest BCUT2D eigenvalue weighted by atomic mass is 9.84. The standard InChI is InChI=1S/C14H17NO3/c1-14(2,11-6-4-3-5-7-11)10-15-12(16)8-9-13(17)18/h3-9H,10H2,1-2H3,(H,15,16)(H,17,18)/b9-8+. The average molecular weight is 247 g/mol. The van der Waals surface area contributed by atoms with Crippen molar-refractivity contribution in [2.45, 2.75) is 19.3 Å². The van der Waals surface area contributed by atoms with Crippen molar-refractivity contribution in [1.82, 2.24) is 5.32 Å². The first kappa shape index (κ1) is 14.0. The van der Waals surface area contributed by atoms with Crippen molar-refractivity contribution in [2.24, 2.45) is 0 Å². The van der Waals surface area contributed by atoms with Gasteiger partial charge in [-0.05, 0) is 5.56 Å². The van der Waals surface area contributed by atoms with Gasteiger partial charge in [0, 0.05) is 24.1 Å². The third-order valence-corrected chi connectivity index (χ3v) is 2.64. The van der Waals surface area contributed by atoms with E-state index >= 15 is 0 Å². The Morgan fingerprint density at radius 3 is 2.39 bits per heavy atom. The number of hydrogen-bond donors (Lipinski definition) is 2. The molecule has 0 aliphatic rings. The van der Waals surface area contributed by atoms with Gasteiger partial charge in [-0.3, -0.25) is 4.79 Å². The van der Waals surface area contributed by atoms with Gasteiger partial charge in [0.1, 0.15) is 0 Å². The van der Waals surface area contributed by atoms with Gasteiger partial charge < -0.3 is 10.4 Å². The lowest BCUT2D eigenvalue weighted by molar-refractivity contribution is -0.131. The monoisotopic (exact) mass is 247 g/mol. The summed E-state index contributed by atoms with van der Waals surface area (Å²) in [6.07, 6.45) is 1.84. The van der Waals surface area contributed by atoms with Crippen LogP contribution in [0.25, 0.3) is 0 Å². The van der Waals surface area contributed by atoms with Crippen molar-refractivity contribution in [2.75, 3.05) is 6.54 Å². The summed E-state index contributed by atoms with van der Waals surface area (Å²) in [5.74, 6) is -1.53. The molecule has 0 saturated heterocycles. The number of benzene rings is 1. The number of carboxylic acids is 1. The molecule has 0 aromatic heterocycles. The largest absolute Gasteiger partial charge is 0.478 e. The smallest absolute Gasteiger partial charge is 0.328 e. The summed E-state index contributed by atoms with van der Waals surface area (Å²) < 4.78 is 0. The lowest BCUT2D eigenvalue weighted by Gasteiger charge is -2.25. The molecule has 0 radical (unpaired) electrons. The summed E-state index contributed by atoms with van der Waals surface area (Å²) >= 11 is 0. The molecule has 0 bridgehead atoms. The second-order valence-corrected chi connectivity index (χ2v) is 4.64. The van der Waals surface area contributed by atoms with Gasteiger partial charge in [-0.1, -0.05) is 44.2 Å². The zero-order valence-corrected chi connectivity index (χ0v) is 10.5. The number of carbonyl (C=O) groups excluding carboxylic acids is 1. The fraction of sp³-hybridized carbons (Fsp3) is 0.286. The Morgan fingerprint density at radius 1 is 1.22 bits per heavy atom. The normalized spacial score (nSPS) is 11.4. The van der Waals surface area contributed by atoms with Gasteiger partial charge in [0.2, 0.25) is 5.91 Å². The molecular formula is C14H17NO3. The van der Waals surface area contributed by atoms with E-state index in [4.69, 9.17) is 5.11 Å². The van der Waals surface area contributed by atoms with Crippen LogP contribution < -0.4 is 5.32 Å². The second kappa shape index (κ2) is 6.00. The highest BCUT2D eigenvalue weighted by molar-refractivity contribution is 5.93. The first-order valence-corrected chi connectivity index (χ1v) is 5.66. The Kier molecular flexibility index (Phi) is 4.66. The summed E-state index contributed by atoms with van der Waals surface area (Å²) in [6, 6.07) is 9.83. The van der Waals surface area contributed by atoms with E-state index in [-0.39, 0.29) is 5.41 Å². The molecule has 0 unspecified atom stereocenters. The van der Waals surface area contributed by atoms with Gasteiger partial charge in [-0.2, -0.15) is 0 Å². The van der Waals surface area contributed by atoms with E-state index in [0.29, 0.717) is 6.54 Å². The van der Waals surface area contributed by atoms with Crippen LogP contribution >= 0.6 is 0 Å². The Labute approximate surface area is 106 Å². The van der Waals surface area contributed by atoms with Gasteiger partial charge in [-0.15, -0.1) is 0 Å². The number of rotatable bonds is 5. The minimum atomic E-state index is -1.13. The second-order valence-electron chi connectivity index (χ2n) is 4.64. The highest BCUT2D eigenvalue weighted by Gasteiger charge is 2.20. The number of nitrogens with one attached hydrogen (secondary N) is 1. The van der Waals surface area contributed by atoms with E-state index in [9.17, 15) is 9.59 Å². The predicted molar refractivity (Wildman–Crippen MR) is 69.3 cm³/mol. The van der Waals surface area contributed by atoms with Crippen LogP contribution in [0.3, 0.4) is 0 Å². The summed E-state index contributed by atoms with van der Waals surface area (Å²) in [5, 5.41) is 11.1. The maximum absolute atomic E-state index is 11.4. The Bertz CT molecular complexity index is 449. The van der Waals surface area contributed by atoms with Gasteiger partial charge in [0.25, 0.3) is 0 Å². The topological polar surface area (TPSA) is 66.4 Å². The maximum Gasteiger partial charge on any atom is 0.328 e. The summed E-state index contributed by atoms with van der Waals surface area (Å²) in [5.41, 5.74) is 0.918.